The molecule has 0 fully saturated rings. The molecule has 70 valence electrons. The van der Waals surface area contributed by atoms with E-state index in [1.165, 1.54) is 0 Å². The van der Waals surface area contributed by atoms with Crippen molar-refractivity contribution in [3.63, 3.8) is 0 Å². The molecular formula is C9H17NOS. The summed E-state index contributed by atoms with van der Waals surface area (Å²) in [5.41, 5.74) is 5.15. The zero-order valence-electron chi connectivity index (χ0n) is 7.28. The largest absolute Gasteiger partial charge is 0.382 e. The molecule has 0 saturated carbocycles. The van der Waals surface area contributed by atoms with Gasteiger partial charge in [-0.05, 0) is 25.2 Å². The smallest absolute Gasteiger partial charge is 0.102 e. The molecule has 2 unspecified atom stereocenters. The topological polar surface area (TPSA) is 46.2 Å². The molecule has 1 aliphatic carbocycles. The molecular weight excluding hydrogens is 170 g/mol. The molecule has 0 saturated heterocycles. The van der Waals surface area contributed by atoms with Gasteiger partial charge >= 0.3 is 0 Å². The maximum atomic E-state index is 9.68. The third-order valence-corrected chi connectivity index (χ3v) is 3.32. The Morgan fingerprint density at radius 2 is 2.42 bits per heavy atom. The van der Waals surface area contributed by atoms with Gasteiger partial charge in [0.1, 0.15) is 5.44 Å². The van der Waals surface area contributed by atoms with Gasteiger partial charge in [-0.1, -0.05) is 12.2 Å². The Labute approximate surface area is 78.2 Å². The van der Waals surface area contributed by atoms with E-state index in [9.17, 15) is 5.11 Å². The second-order valence-electron chi connectivity index (χ2n) is 3.09. The number of nitrogens with two attached hydrogens (primary N) is 1. The molecule has 0 bridgehead atoms. The van der Waals surface area contributed by atoms with Crippen LogP contribution in [0.2, 0.25) is 0 Å². The predicted molar refractivity (Wildman–Crippen MR) is 54.0 cm³/mol. The molecule has 1 rings (SSSR count). The van der Waals surface area contributed by atoms with Gasteiger partial charge in [-0.15, -0.1) is 11.8 Å². The second kappa shape index (κ2) is 5.62. The average molecular weight is 187 g/mol. The Bertz CT molecular complexity index is 149. The third kappa shape index (κ3) is 3.17. The summed E-state index contributed by atoms with van der Waals surface area (Å²) >= 11 is 1.58. The summed E-state index contributed by atoms with van der Waals surface area (Å²) in [6.07, 6.45) is 7.62. The minimum absolute atomic E-state index is 0.210. The van der Waals surface area contributed by atoms with E-state index in [2.05, 4.69) is 12.2 Å². The SMILES string of the molecule is NCCSC(O)C1CC=CCC1. The van der Waals surface area contributed by atoms with Crippen molar-refractivity contribution in [1.29, 1.82) is 0 Å². The van der Waals surface area contributed by atoms with Crippen LogP contribution in [0.3, 0.4) is 0 Å². The van der Waals surface area contributed by atoms with Crippen LogP contribution in [-0.4, -0.2) is 22.8 Å². The molecule has 0 radical (unpaired) electrons. The van der Waals surface area contributed by atoms with Gasteiger partial charge < -0.3 is 10.8 Å². The van der Waals surface area contributed by atoms with Crippen molar-refractivity contribution < 1.29 is 5.11 Å². The number of aliphatic hydroxyl groups is 1. The molecule has 0 aliphatic heterocycles. The Hall–Kier alpha value is 0.0100. The van der Waals surface area contributed by atoms with Gasteiger partial charge in [0.2, 0.25) is 0 Å². The maximum absolute atomic E-state index is 9.68. The summed E-state index contributed by atoms with van der Waals surface area (Å²) in [6.45, 7) is 0.657. The fourth-order valence-electron chi connectivity index (χ4n) is 1.40. The van der Waals surface area contributed by atoms with Gasteiger partial charge in [0.15, 0.2) is 0 Å². The molecule has 0 aromatic carbocycles. The van der Waals surface area contributed by atoms with Crippen molar-refractivity contribution in [2.75, 3.05) is 12.3 Å². The zero-order chi connectivity index (χ0) is 8.81. The monoisotopic (exact) mass is 187 g/mol. The summed E-state index contributed by atoms with van der Waals surface area (Å²) in [5, 5.41) is 9.68. The molecule has 0 aromatic heterocycles. The van der Waals surface area contributed by atoms with Gasteiger partial charge in [-0.2, -0.15) is 0 Å². The van der Waals surface area contributed by atoms with Crippen LogP contribution < -0.4 is 5.73 Å². The first kappa shape index (κ1) is 10.1. The molecule has 0 spiro atoms. The van der Waals surface area contributed by atoms with Crippen LogP contribution in [-0.2, 0) is 0 Å². The standard InChI is InChI=1S/C9H17NOS/c10-6-7-12-9(11)8-4-2-1-3-5-8/h1-2,8-9,11H,3-7,10H2. The summed E-state index contributed by atoms with van der Waals surface area (Å²) in [7, 11) is 0. The van der Waals surface area contributed by atoms with Crippen molar-refractivity contribution in [3.05, 3.63) is 12.2 Å². The predicted octanol–water partition coefficient (Wildman–Crippen LogP) is 1.35. The first-order valence-electron chi connectivity index (χ1n) is 4.49. The Morgan fingerprint density at radius 1 is 1.58 bits per heavy atom. The number of thioether (sulfide) groups is 1. The number of aliphatic hydroxyl groups excluding tert-OH is 1. The molecule has 2 nitrogen and oxygen atoms in total. The molecule has 0 amide bonds. The molecule has 0 aromatic rings. The lowest BCUT2D eigenvalue weighted by atomic mass is 9.95. The van der Waals surface area contributed by atoms with Gasteiger partial charge in [0, 0.05) is 12.3 Å². The Morgan fingerprint density at radius 3 is 3.00 bits per heavy atom. The summed E-state index contributed by atoms with van der Waals surface area (Å²) < 4.78 is 0. The van der Waals surface area contributed by atoms with Crippen LogP contribution >= 0.6 is 11.8 Å². The van der Waals surface area contributed by atoms with E-state index in [1.807, 2.05) is 0 Å². The van der Waals surface area contributed by atoms with Crippen molar-refractivity contribution in [1.82, 2.24) is 0 Å². The Kier molecular flexibility index (Phi) is 4.73. The highest BCUT2D eigenvalue weighted by Gasteiger charge is 2.18. The first-order chi connectivity index (χ1) is 5.84. The molecule has 1 aliphatic rings. The van der Waals surface area contributed by atoms with Crippen molar-refractivity contribution >= 4 is 11.8 Å². The zero-order valence-corrected chi connectivity index (χ0v) is 8.09. The van der Waals surface area contributed by atoms with E-state index in [-0.39, 0.29) is 5.44 Å². The molecule has 12 heavy (non-hydrogen) atoms. The van der Waals surface area contributed by atoms with Crippen LogP contribution in [0.5, 0.6) is 0 Å². The van der Waals surface area contributed by atoms with Gasteiger partial charge in [0.05, 0.1) is 0 Å². The van der Waals surface area contributed by atoms with E-state index < -0.39 is 0 Å². The van der Waals surface area contributed by atoms with Crippen LogP contribution in [0.1, 0.15) is 19.3 Å². The molecule has 0 heterocycles. The lowest BCUT2D eigenvalue weighted by Crippen LogP contribution is -2.19. The lowest BCUT2D eigenvalue weighted by Gasteiger charge is -2.22. The lowest BCUT2D eigenvalue weighted by molar-refractivity contribution is 0.183. The summed E-state index contributed by atoms with van der Waals surface area (Å²) in [4.78, 5) is 0. The van der Waals surface area contributed by atoms with Gasteiger partial charge in [-0.25, -0.2) is 0 Å². The van der Waals surface area contributed by atoms with Crippen LogP contribution in [0.4, 0.5) is 0 Å². The third-order valence-electron chi connectivity index (χ3n) is 2.12. The number of allylic oxidation sites excluding steroid dienone is 2. The molecule has 3 N–H and O–H groups in total. The fourth-order valence-corrected chi connectivity index (χ4v) is 2.30. The second-order valence-corrected chi connectivity index (χ2v) is 4.32. The average Bonchev–Trinajstić information content (AvgIpc) is 2.15. The van der Waals surface area contributed by atoms with Crippen molar-refractivity contribution in [2.45, 2.75) is 24.7 Å². The highest BCUT2D eigenvalue weighted by molar-refractivity contribution is 7.99. The molecule has 2 atom stereocenters. The van der Waals surface area contributed by atoms with Crippen molar-refractivity contribution in [3.8, 4) is 0 Å². The highest BCUT2D eigenvalue weighted by Crippen LogP contribution is 2.27. The Balaban J connectivity index is 2.21. The van der Waals surface area contributed by atoms with E-state index in [0.717, 1.165) is 25.0 Å². The van der Waals surface area contributed by atoms with Gasteiger partial charge in [-0.3, -0.25) is 0 Å². The number of hydrogen-bond donors (Lipinski definition) is 2. The van der Waals surface area contributed by atoms with Crippen LogP contribution in [0.25, 0.3) is 0 Å². The first-order valence-corrected chi connectivity index (χ1v) is 5.54. The minimum Gasteiger partial charge on any atom is -0.382 e. The quantitative estimate of drug-likeness (QED) is 0.516. The minimum atomic E-state index is -0.210. The van der Waals surface area contributed by atoms with Crippen LogP contribution in [0.15, 0.2) is 12.2 Å². The van der Waals surface area contributed by atoms with Crippen LogP contribution in [0, 0.1) is 5.92 Å². The highest BCUT2D eigenvalue weighted by atomic mass is 32.2. The number of hydrogen-bond acceptors (Lipinski definition) is 3. The summed E-state index contributed by atoms with van der Waals surface area (Å²) in [6, 6.07) is 0. The van der Waals surface area contributed by atoms with Gasteiger partial charge in [0.25, 0.3) is 0 Å². The number of rotatable bonds is 4. The fraction of sp³-hybridized carbons (Fsp3) is 0.778. The normalized spacial score (nSPS) is 25.7. The van der Waals surface area contributed by atoms with E-state index in [0.29, 0.717) is 12.5 Å². The van der Waals surface area contributed by atoms with E-state index >= 15 is 0 Å². The maximum Gasteiger partial charge on any atom is 0.102 e. The van der Waals surface area contributed by atoms with E-state index in [4.69, 9.17) is 5.73 Å². The summed E-state index contributed by atoms with van der Waals surface area (Å²) in [5.74, 6) is 1.31. The van der Waals surface area contributed by atoms with Crippen molar-refractivity contribution in [2.24, 2.45) is 11.7 Å². The van der Waals surface area contributed by atoms with E-state index in [1.54, 1.807) is 11.8 Å². The molecule has 3 heteroatoms.